The number of benzene rings is 2. The van der Waals surface area contributed by atoms with Gasteiger partial charge in [-0.3, -0.25) is 13.9 Å². The third-order valence-corrected chi connectivity index (χ3v) is 10.7. The first-order valence-electron chi connectivity index (χ1n) is 15.8. The van der Waals surface area contributed by atoms with Crippen LogP contribution in [0, 0.1) is 11.8 Å². The Morgan fingerprint density at radius 1 is 1.02 bits per heavy atom. The molecule has 4 rings (SSSR count). The summed E-state index contributed by atoms with van der Waals surface area (Å²) in [5.74, 6) is -0.863. The fraction of sp³-hybridized carbons (Fsp3) is 0.441. The molecule has 11 nitrogen and oxygen atoms in total. The molecule has 1 amide bonds. The second-order valence-corrected chi connectivity index (χ2v) is 15.4. The first kappa shape index (κ1) is 36.1. The number of aliphatic hydroxyl groups excluding tert-OH is 1. The number of aromatic hydroxyl groups is 1. The Balaban J connectivity index is 1.61. The number of imidazole rings is 1. The quantitative estimate of drug-likeness (QED) is 0.162. The van der Waals surface area contributed by atoms with Crippen molar-refractivity contribution in [3.05, 3.63) is 99.1 Å². The van der Waals surface area contributed by atoms with E-state index in [-0.39, 0.29) is 54.2 Å². The zero-order chi connectivity index (χ0) is 34.3. The maximum Gasteiger partial charge on any atom is 0.329 e. The molecule has 254 valence electrons. The molecule has 2 aromatic carbocycles. The second-order valence-electron chi connectivity index (χ2n) is 12.5. The molecule has 47 heavy (non-hydrogen) atoms. The Bertz CT molecular complexity index is 1760. The first-order valence-corrected chi connectivity index (χ1v) is 18.1. The van der Waals surface area contributed by atoms with Crippen LogP contribution < -0.4 is 11.0 Å². The number of phenols is 1. The van der Waals surface area contributed by atoms with Crippen LogP contribution in [0.15, 0.2) is 82.1 Å². The highest BCUT2D eigenvalue weighted by molar-refractivity contribution is 7.89. The molecule has 0 saturated heterocycles. The van der Waals surface area contributed by atoms with Crippen molar-refractivity contribution in [3.8, 4) is 5.75 Å². The Labute approximate surface area is 280 Å². The van der Waals surface area contributed by atoms with Crippen LogP contribution in [0.5, 0.6) is 5.75 Å². The summed E-state index contributed by atoms with van der Waals surface area (Å²) in [7, 11) is -4.05. The lowest BCUT2D eigenvalue weighted by Gasteiger charge is -2.32. The van der Waals surface area contributed by atoms with Gasteiger partial charge < -0.3 is 15.5 Å². The fourth-order valence-electron chi connectivity index (χ4n) is 5.47. The number of aromatic nitrogens is 3. The number of hydrogen-bond donors (Lipinski definition) is 3. The van der Waals surface area contributed by atoms with Gasteiger partial charge in [0.2, 0.25) is 15.9 Å². The van der Waals surface area contributed by atoms with Gasteiger partial charge >= 0.3 is 5.69 Å². The lowest BCUT2D eigenvalue weighted by molar-refractivity contribution is -0.127. The van der Waals surface area contributed by atoms with Crippen LogP contribution in [0.1, 0.15) is 56.9 Å². The third kappa shape index (κ3) is 9.19. The molecule has 0 saturated carbocycles. The summed E-state index contributed by atoms with van der Waals surface area (Å²) >= 11 is 1.54. The number of hydrogen-bond acceptors (Lipinski definition) is 8. The second kappa shape index (κ2) is 15.9. The number of amides is 1. The van der Waals surface area contributed by atoms with Crippen LogP contribution in [0.25, 0.3) is 0 Å². The summed E-state index contributed by atoms with van der Waals surface area (Å²) in [5.41, 5.74) is 1.26. The van der Waals surface area contributed by atoms with Crippen LogP contribution in [0.2, 0.25) is 0 Å². The number of sulfonamides is 1. The minimum absolute atomic E-state index is 0.0147. The summed E-state index contributed by atoms with van der Waals surface area (Å²) < 4.78 is 31.5. The summed E-state index contributed by atoms with van der Waals surface area (Å²) in [4.78, 5) is 32.1. The average molecular weight is 684 g/mol. The summed E-state index contributed by atoms with van der Waals surface area (Å²) in [6.07, 6.45) is 2.98. The summed E-state index contributed by atoms with van der Waals surface area (Å²) in [6.45, 7) is 9.60. The molecule has 3 atom stereocenters. The van der Waals surface area contributed by atoms with Crippen LogP contribution in [0.4, 0.5) is 0 Å². The SMILES string of the molecule is CCc1nc(Cn2ccn([C@H](C(=O)N[C@@H](Cc3ccccc3)[C@H](O)CN(CC(C)C)S(=O)(=O)c3ccc(O)cc3)C(C)C)c2=O)cs1. The number of carbonyl (C=O) groups excluding carboxylic acids is 1. The molecule has 2 aromatic heterocycles. The molecule has 0 spiro atoms. The monoisotopic (exact) mass is 683 g/mol. The van der Waals surface area contributed by atoms with E-state index in [0.29, 0.717) is 0 Å². The lowest BCUT2D eigenvalue weighted by Crippen LogP contribution is -2.53. The molecular weight excluding hydrogens is 639 g/mol. The van der Waals surface area contributed by atoms with Crippen molar-refractivity contribution in [2.45, 2.75) is 77.1 Å². The van der Waals surface area contributed by atoms with Gasteiger partial charge in [-0.05, 0) is 54.5 Å². The number of aryl methyl sites for hydroxylation is 1. The number of nitrogens with one attached hydrogen (secondary N) is 1. The number of rotatable bonds is 16. The molecule has 3 N–H and O–H groups in total. The Morgan fingerprint density at radius 3 is 2.30 bits per heavy atom. The molecular formula is C34H45N5O6S2. The smallest absolute Gasteiger partial charge is 0.329 e. The first-order chi connectivity index (χ1) is 22.3. The standard InChI is InChI=1S/C34H45N5O6S2/c1-6-31-35-26(22-46-31)20-37-16-17-39(34(37)43)32(24(4)5)33(42)36-29(18-25-10-8-7-9-11-25)30(41)21-38(19-23(2)3)47(44,45)28-14-12-27(40)13-15-28/h7-17,22-24,29-30,32,40-41H,6,18-21H2,1-5H3,(H,36,42)/t29-,30+,32-/m0/s1. The van der Waals surface area contributed by atoms with Crippen molar-refractivity contribution in [2.24, 2.45) is 11.8 Å². The van der Waals surface area contributed by atoms with Gasteiger partial charge in [0.25, 0.3) is 0 Å². The van der Waals surface area contributed by atoms with Crippen LogP contribution >= 0.6 is 11.3 Å². The van der Waals surface area contributed by atoms with Gasteiger partial charge in [-0.2, -0.15) is 4.31 Å². The largest absolute Gasteiger partial charge is 0.508 e. The zero-order valence-corrected chi connectivity index (χ0v) is 29.1. The minimum atomic E-state index is -4.05. The van der Waals surface area contributed by atoms with Gasteiger partial charge in [-0.15, -0.1) is 11.3 Å². The predicted octanol–water partition coefficient (Wildman–Crippen LogP) is 4.06. The molecule has 0 aliphatic rings. The minimum Gasteiger partial charge on any atom is -0.508 e. The molecule has 0 bridgehead atoms. The van der Waals surface area contributed by atoms with Crippen molar-refractivity contribution >= 4 is 27.3 Å². The maximum absolute atomic E-state index is 14.0. The van der Waals surface area contributed by atoms with Crippen molar-refractivity contribution in [2.75, 3.05) is 13.1 Å². The normalized spacial score (nSPS) is 14.1. The number of nitrogens with zero attached hydrogens (tertiary/aromatic N) is 4. The van der Waals surface area contributed by atoms with E-state index >= 15 is 0 Å². The van der Waals surface area contributed by atoms with E-state index in [1.807, 2.05) is 70.3 Å². The van der Waals surface area contributed by atoms with E-state index in [4.69, 9.17) is 0 Å². The summed E-state index contributed by atoms with van der Waals surface area (Å²) in [6, 6.07) is 12.8. The van der Waals surface area contributed by atoms with Crippen molar-refractivity contribution in [3.63, 3.8) is 0 Å². The third-order valence-electron chi connectivity index (χ3n) is 7.83. The van der Waals surface area contributed by atoms with E-state index in [2.05, 4.69) is 10.3 Å². The molecule has 0 aliphatic heterocycles. The van der Waals surface area contributed by atoms with E-state index in [0.717, 1.165) is 22.7 Å². The van der Waals surface area contributed by atoms with E-state index < -0.39 is 34.1 Å². The molecule has 0 radical (unpaired) electrons. The topological polar surface area (TPSA) is 147 Å². The molecule has 0 fully saturated rings. The van der Waals surface area contributed by atoms with Gasteiger partial charge in [0, 0.05) is 30.9 Å². The molecule has 0 aliphatic carbocycles. The van der Waals surface area contributed by atoms with E-state index in [9.17, 15) is 28.2 Å². The van der Waals surface area contributed by atoms with Crippen LogP contribution in [0.3, 0.4) is 0 Å². The highest BCUT2D eigenvalue weighted by Gasteiger charge is 2.34. The van der Waals surface area contributed by atoms with Crippen LogP contribution in [-0.4, -0.2) is 68.2 Å². The highest BCUT2D eigenvalue weighted by Crippen LogP contribution is 2.23. The average Bonchev–Trinajstić information content (AvgIpc) is 3.63. The molecule has 13 heteroatoms. The lowest BCUT2D eigenvalue weighted by atomic mass is 9.98. The van der Waals surface area contributed by atoms with Crippen LogP contribution in [-0.2, 0) is 34.2 Å². The van der Waals surface area contributed by atoms with Gasteiger partial charge in [0.05, 0.1) is 34.3 Å². The fourth-order valence-corrected chi connectivity index (χ4v) is 7.83. The number of thiazole rings is 1. The van der Waals surface area contributed by atoms with Crippen molar-refractivity contribution < 1.29 is 23.4 Å². The van der Waals surface area contributed by atoms with E-state index in [1.54, 1.807) is 23.7 Å². The van der Waals surface area contributed by atoms with Gasteiger partial charge in [0.15, 0.2) is 0 Å². The van der Waals surface area contributed by atoms with Gasteiger partial charge in [-0.25, -0.2) is 18.2 Å². The Hall–Kier alpha value is -3.78. The molecule has 4 aromatic rings. The van der Waals surface area contributed by atoms with Crippen molar-refractivity contribution in [1.29, 1.82) is 0 Å². The number of carbonyl (C=O) groups is 1. The highest BCUT2D eigenvalue weighted by atomic mass is 32.2. The summed E-state index contributed by atoms with van der Waals surface area (Å²) in [5, 5.41) is 27.2. The number of phenolic OH excluding ortho intramolecular Hbond substituents is 1. The molecule has 0 unspecified atom stereocenters. The van der Waals surface area contributed by atoms with Gasteiger partial charge in [-0.1, -0.05) is 65.0 Å². The van der Waals surface area contributed by atoms with E-state index in [1.165, 1.54) is 37.7 Å². The number of aliphatic hydroxyl groups is 1. The zero-order valence-electron chi connectivity index (χ0n) is 27.5. The Morgan fingerprint density at radius 2 is 1.70 bits per heavy atom. The van der Waals surface area contributed by atoms with Gasteiger partial charge in [0.1, 0.15) is 11.8 Å². The predicted molar refractivity (Wildman–Crippen MR) is 183 cm³/mol. The van der Waals surface area contributed by atoms with Crippen molar-refractivity contribution in [1.82, 2.24) is 23.7 Å². The maximum atomic E-state index is 14.0. The Kier molecular flexibility index (Phi) is 12.2. The molecule has 2 heterocycles.